The van der Waals surface area contributed by atoms with Gasteiger partial charge in [0.1, 0.15) is 0 Å². The summed E-state index contributed by atoms with van der Waals surface area (Å²) in [7, 11) is 2.21. The van der Waals surface area contributed by atoms with Gasteiger partial charge in [0.05, 0.1) is 5.69 Å². The van der Waals surface area contributed by atoms with Crippen molar-refractivity contribution in [2.45, 2.75) is 50.7 Å². The van der Waals surface area contributed by atoms with E-state index in [2.05, 4.69) is 34.4 Å². The van der Waals surface area contributed by atoms with Crippen LogP contribution in [0.2, 0.25) is 0 Å². The molecule has 3 unspecified atom stereocenters. The van der Waals surface area contributed by atoms with Gasteiger partial charge in [-0.1, -0.05) is 18.9 Å². The van der Waals surface area contributed by atoms with E-state index < -0.39 is 0 Å². The number of fused-ring (bicyclic) bond motifs is 1. The van der Waals surface area contributed by atoms with E-state index in [0.717, 1.165) is 25.0 Å². The lowest BCUT2D eigenvalue weighted by molar-refractivity contribution is 0.285. The lowest BCUT2D eigenvalue weighted by atomic mass is 9.85. The topological polar surface area (TPSA) is 28.2 Å². The second-order valence-electron chi connectivity index (χ2n) is 6.27. The molecule has 3 atom stereocenters. The zero-order chi connectivity index (χ0) is 13.1. The molecule has 1 aliphatic heterocycles. The van der Waals surface area contributed by atoms with E-state index in [-0.39, 0.29) is 0 Å². The summed E-state index contributed by atoms with van der Waals surface area (Å²) in [5.41, 5.74) is 1.17. The molecule has 2 aliphatic rings. The average Bonchev–Trinajstić information content (AvgIpc) is 2.81. The molecule has 3 nitrogen and oxygen atoms in total. The summed E-state index contributed by atoms with van der Waals surface area (Å²) in [5, 5.41) is 3.85. The predicted octanol–water partition coefficient (Wildman–Crippen LogP) is 2.43. The van der Waals surface area contributed by atoms with Crippen molar-refractivity contribution in [1.82, 2.24) is 15.2 Å². The maximum Gasteiger partial charge on any atom is 0.0543 e. The highest BCUT2D eigenvalue weighted by molar-refractivity contribution is 5.03. The van der Waals surface area contributed by atoms with Crippen LogP contribution in [0.3, 0.4) is 0 Å². The van der Waals surface area contributed by atoms with Gasteiger partial charge in [0, 0.05) is 31.4 Å². The van der Waals surface area contributed by atoms with Gasteiger partial charge in [-0.2, -0.15) is 0 Å². The normalized spacial score (nSPS) is 30.5. The number of hydrogen-bond acceptors (Lipinski definition) is 3. The number of nitrogens with one attached hydrogen (secondary N) is 1. The quantitative estimate of drug-likeness (QED) is 0.900. The first-order valence-electron chi connectivity index (χ1n) is 7.66. The van der Waals surface area contributed by atoms with Crippen molar-refractivity contribution in [2.75, 3.05) is 13.6 Å². The second-order valence-corrected chi connectivity index (χ2v) is 6.27. The first-order valence-corrected chi connectivity index (χ1v) is 7.66. The monoisotopic (exact) mass is 259 g/mol. The molecule has 3 heteroatoms. The summed E-state index contributed by atoms with van der Waals surface area (Å²) in [4.78, 5) is 6.80. The summed E-state index contributed by atoms with van der Waals surface area (Å²) >= 11 is 0. The van der Waals surface area contributed by atoms with Crippen LogP contribution >= 0.6 is 0 Å². The molecule has 0 radical (unpaired) electrons. The molecule has 2 fully saturated rings. The molecular formula is C16H25N3. The summed E-state index contributed by atoms with van der Waals surface area (Å²) in [6.45, 7) is 2.10. The van der Waals surface area contributed by atoms with Gasteiger partial charge in [0.15, 0.2) is 0 Å². The molecular weight excluding hydrogens is 234 g/mol. The van der Waals surface area contributed by atoms with Crippen LogP contribution in [0.4, 0.5) is 0 Å². The fraction of sp³-hybridized carbons (Fsp3) is 0.688. The van der Waals surface area contributed by atoms with Crippen LogP contribution in [0.5, 0.6) is 0 Å². The molecule has 2 heterocycles. The van der Waals surface area contributed by atoms with Crippen LogP contribution in [-0.2, 0) is 6.54 Å². The second kappa shape index (κ2) is 6.02. The lowest BCUT2D eigenvalue weighted by Crippen LogP contribution is -2.39. The Bertz CT molecular complexity index is 378. The van der Waals surface area contributed by atoms with E-state index in [9.17, 15) is 0 Å². The molecule has 0 amide bonds. The van der Waals surface area contributed by atoms with Gasteiger partial charge in [-0.3, -0.25) is 9.88 Å². The van der Waals surface area contributed by atoms with Crippen LogP contribution in [-0.4, -0.2) is 35.6 Å². The van der Waals surface area contributed by atoms with Crippen LogP contribution in [0.25, 0.3) is 0 Å². The fourth-order valence-electron chi connectivity index (χ4n) is 3.78. The minimum atomic E-state index is 0.682. The van der Waals surface area contributed by atoms with E-state index in [0.29, 0.717) is 6.04 Å². The Morgan fingerprint density at radius 3 is 3.00 bits per heavy atom. The van der Waals surface area contributed by atoms with Crippen molar-refractivity contribution in [3.05, 3.63) is 30.1 Å². The Labute approximate surface area is 116 Å². The van der Waals surface area contributed by atoms with Crippen molar-refractivity contribution in [1.29, 1.82) is 0 Å². The van der Waals surface area contributed by atoms with Gasteiger partial charge in [-0.15, -0.1) is 0 Å². The molecule has 1 saturated carbocycles. The van der Waals surface area contributed by atoms with Crippen LogP contribution in [0.15, 0.2) is 24.4 Å². The Hall–Kier alpha value is -0.930. The Kier molecular flexibility index (Phi) is 4.14. The van der Waals surface area contributed by atoms with Gasteiger partial charge in [0.2, 0.25) is 0 Å². The SMILES string of the molecule is CN(Cc1ccccn1)CC1CC2CCCCC2N1. The number of rotatable bonds is 4. The summed E-state index contributed by atoms with van der Waals surface area (Å²) in [6, 6.07) is 7.65. The zero-order valence-electron chi connectivity index (χ0n) is 11.9. The molecule has 1 aromatic rings. The van der Waals surface area contributed by atoms with E-state index in [4.69, 9.17) is 0 Å². The zero-order valence-corrected chi connectivity index (χ0v) is 11.9. The Morgan fingerprint density at radius 2 is 2.21 bits per heavy atom. The van der Waals surface area contributed by atoms with E-state index in [1.165, 1.54) is 37.8 Å². The first kappa shape index (κ1) is 13.1. The molecule has 1 saturated heterocycles. The van der Waals surface area contributed by atoms with Crippen molar-refractivity contribution in [2.24, 2.45) is 5.92 Å². The molecule has 0 bridgehead atoms. The molecule has 0 aromatic carbocycles. The molecule has 0 spiro atoms. The molecule has 104 valence electrons. The predicted molar refractivity (Wildman–Crippen MR) is 77.9 cm³/mol. The van der Waals surface area contributed by atoms with Crippen molar-refractivity contribution >= 4 is 0 Å². The molecule has 1 aliphatic carbocycles. The highest BCUT2D eigenvalue weighted by atomic mass is 15.1. The standard InChI is InChI=1S/C16H25N3/c1-19(11-14-7-4-5-9-17-14)12-15-10-13-6-2-3-8-16(13)18-15/h4-5,7,9,13,15-16,18H,2-3,6,8,10-12H2,1H3. The van der Waals surface area contributed by atoms with E-state index in [1.54, 1.807) is 0 Å². The molecule has 19 heavy (non-hydrogen) atoms. The Morgan fingerprint density at radius 1 is 1.32 bits per heavy atom. The third kappa shape index (κ3) is 3.34. The van der Waals surface area contributed by atoms with Crippen LogP contribution in [0, 0.1) is 5.92 Å². The molecule has 1 aromatic heterocycles. The van der Waals surface area contributed by atoms with Crippen molar-refractivity contribution < 1.29 is 0 Å². The van der Waals surface area contributed by atoms with Gasteiger partial charge < -0.3 is 5.32 Å². The largest absolute Gasteiger partial charge is 0.310 e. The maximum atomic E-state index is 4.40. The minimum Gasteiger partial charge on any atom is -0.310 e. The number of pyridine rings is 1. The van der Waals surface area contributed by atoms with E-state index >= 15 is 0 Å². The molecule has 3 rings (SSSR count). The van der Waals surface area contributed by atoms with E-state index in [1.807, 2.05) is 12.3 Å². The van der Waals surface area contributed by atoms with Gasteiger partial charge in [-0.05, 0) is 44.4 Å². The smallest absolute Gasteiger partial charge is 0.0543 e. The maximum absolute atomic E-state index is 4.40. The first-order chi connectivity index (χ1) is 9.31. The van der Waals surface area contributed by atoms with Crippen LogP contribution < -0.4 is 5.32 Å². The number of likely N-dealkylation sites (N-methyl/N-ethyl adjacent to an activating group) is 1. The summed E-state index contributed by atoms with van der Waals surface area (Å²) in [5.74, 6) is 0.946. The van der Waals surface area contributed by atoms with Crippen LogP contribution in [0.1, 0.15) is 37.8 Å². The Balaban J connectivity index is 1.49. The average molecular weight is 259 g/mol. The number of aromatic nitrogens is 1. The third-order valence-corrected chi connectivity index (χ3v) is 4.64. The summed E-state index contributed by atoms with van der Waals surface area (Å²) in [6.07, 6.45) is 8.95. The molecule has 1 N–H and O–H groups in total. The van der Waals surface area contributed by atoms with Gasteiger partial charge in [-0.25, -0.2) is 0 Å². The fourth-order valence-corrected chi connectivity index (χ4v) is 3.78. The summed E-state index contributed by atoms with van der Waals surface area (Å²) < 4.78 is 0. The van der Waals surface area contributed by atoms with Gasteiger partial charge >= 0.3 is 0 Å². The van der Waals surface area contributed by atoms with Crippen molar-refractivity contribution in [3.63, 3.8) is 0 Å². The highest BCUT2D eigenvalue weighted by Gasteiger charge is 2.35. The number of hydrogen-bond donors (Lipinski definition) is 1. The minimum absolute atomic E-state index is 0.682. The van der Waals surface area contributed by atoms with Crippen molar-refractivity contribution in [3.8, 4) is 0 Å². The third-order valence-electron chi connectivity index (χ3n) is 4.64. The number of nitrogens with zero attached hydrogens (tertiary/aromatic N) is 2. The van der Waals surface area contributed by atoms with Gasteiger partial charge in [0.25, 0.3) is 0 Å². The lowest BCUT2D eigenvalue weighted by Gasteiger charge is -2.24. The highest BCUT2D eigenvalue weighted by Crippen LogP contribution is 2.33.